The van der Waals surface area contributed by atoms with Crippen LogP contribution < -0.4 is 20.1 Å². The SMILES string of the molecule is C/C=S(/Nc1nc(OC[C@@H](CC(C)(C)C(F)(F)F)NC2CCC(NC(=O)OC(C)(C)C)CC2)cc(-c2c(C)cccc2C)n1)c1cccc(C(=O)O)c1. The highest BCUT2D eigenvalue weighted by molar-refractivity contribution is 8.16. The van der Waals surface area contributed by atoms with Crippen LogP contribution in [0.5, 0.6) is 5.88 Å². The smallest absolute Gasteiger partial charge is 0.407 e. The first kappa shape index (κ1) is 41.6. The predicted octanol–water partition coefficient (Wildman–Crippen LogP) is 9.09. The van der Waals surface area contributed by atoms with E-state index < -0.39 is 46.0 Å². The van der Waals surface area contributed by atoms with Crippen LogP contribution in [0.2, 0.25) is 0 Å². The number of ether oxygens (including phenoxy) is 2. The largest absolute Gasteiger partial charge is 0.478 e. The molecule has 53 heavy (non-hydrogen) atoms. The summed E-state index contributed by atoms with van der Waals surface area (Å²) in [5.74, 6) is -0.642. The second-order valence-corrected chi connectivity index (χ2v) is 17.0. The molecule has 0 aliphatic heterocycles. The average molecular weight is 760 g/mol. The van der Waals surface area contributed by atoms with Crippen LogP contribution in [0.15, 0.2) is 53.4 Å². The molecule has 2 aromatic carbocycles. The van der Waals surface area contributed by atoms with Gasteiger partial charge in [0, 0.05) is 34.7 Å². The molecule has 3 aromatic rings. The number of aromatic nitrogens is 2. The molecule has 0 saturated heterocycles. The third kappa shape index (κ3) is 11.9. The third-order valence-electron chi connectivity index (χ3n) is 9.09. The molecule has 0 radical (unpaired) electrons. The first-order valence-corrected chi connectivity index (χ1v) is 19.1. The van der Waals surface area contributed by atoms with Crippen molar-refractivity contribution in [1.82, 2.24) is 20.6 Å². The van der Waals surface area contributed by atoms with Crippen molar-refractivity contribution in [3.8, 4) is 17.1 Å². The number of rotatable bonds is 13. The van der Waals surface area contributed by atoms with E-state index in [2.05, 4.69) is 20.3 Å². The molecule has 1 aliphatic rings. The lowest BCUT2D eigenvalue weighted by atomic mass is 9.84. The number of carbonyl (C=O) groups is 2. The van der Waals surface area contributed by atoms with Gasteiger partial charge in [0.1, 0.15) is 12.2 Å². The van der Waals surface area contributed by atoms with Gasteiger partial charge in [-0.05, 0) is 108 Å². The number of carboxylic acids is 1. The second-order valence-electron chi connectivity index (χ2n) is 15.1. The molecule has 10 nitrogen and oxygen atoms in total. The summed E-state index contributed by atoms with van der Waals surface area (Å²) in [4.78, 5) is 34.1. The fourth-order valence-electron chi connectivity index (χ4n) is 6.30. The molecule has 2 atom stereocenters. The number of alkyl carbamates (subject to hydrolysis) is 1. The van der Waals surface area contributed by atoms with Crippen molar-refractivity contribution in [3.63, 3.8) is 0 Å². The van der Waals surface area contributed by atoms with Crippen LogP contribution >= 0.6 is 10.7 Å². The molecule has 14 heteroatoms. The minimum absolute atomic E-state index is 0.0826. The number of anilines is 1. The Balaban J connectivity index is 1.59. The third-order valence-corrected chi connectivity index (χ3v) is 10.7. The highest BCUT2D eigenvalue weighted by Gasteiger charge is 2.48. The van der Waals surface area contributed by atoms with Gasteiger partial charge < -0.3 is 29.9 Å². The molecule has 1 unspecified atom stereocenters. The summed E-state index contributed by atoms with van der Waals surface area (Å²) < 4.78 is 57.5. The van der Waals surface area contributed by atoms with Crippen LogP contribution in [-0.4, -0.2) is 69.0 Å². The minimum atomic E-state index is -4.44. The van der Waals surface area contributed by atoms with Gasteiger partial charge in [-0.2, -0.15) is 18.2 Å². The number of carbonyl (C=O) groups excluding carboxylic acids is 1. The number of benzene rings is 2. The Hall–Kier alpha value is -4.17. The predicted molar refractivity (Wildman–Crippen MR) is 204 cm³/mol. The molecule has 1 aromatic heterocycles. The van der Waals surface area contributed by atoms with Crippen molar-refractivity contribution in [2.24, 2.45) is 5.41 Å². The zero-order valence-corrected chi connectivity index (χ0v) is 32.5. The van der Waals surface area contributed by atoms with Gasteiger partial charge in [-0.15, -0.1) is 0 Å². The standard InChI is InChI=1S/C39H52F3N5O5S/c1-9-53(30-15-11-14-26(20-30)34(48)49)47-35-45-31(33-24(2)12-10-13-25(33)3)21-32(46-35)51-23-29(22-38(7,8)39(40,41)42)43-27-16-18-28(19-17-27)44-36(50)52-37(4,5)6/h9-15,20-21,27-29,43H,16-19,22-23H2,1-8H3,(H,44,50)(H,48,49)(H,45,46,47)/t27?,28?,29-,53?/m1/s1. The zero-order chi connectivity index (χ0) is 39.1. The summed E-state index contributed by atoms with van der Waals surface area (Å²) in [7, 11) is -0.800. The molecule has 1 fully saturated rings. The van der Waals surface area contributed by atoms with E-state index in [1.165, 1.54) is 19.9 Å². The number of aromatic carboxylic acids is 1. The maximum absolute atomic E-state index is 14.2. The molecule has 290 valence electrons. The van der Waals surface area contributed by atoms with Gasteiger partial charge in [0.15, 0.2) is 0 Å². The number of amides is 1. The van der Waals surface area contributed by atoms with Crippen molar-refractivity contribution in [3.05, 3.63) is 65.2 Å². The molecular formula is C39H52F3N5O5S. The molecule has 1 amide bonds. The summed E-state index contributed by atoms with van der Waals surface area (Å²) in [6.07, 6.45) is -2.54. The van der Waals surface area contributed by atoms with Crippen LogP contribution in [0, 0.1) is 19.3 Å². The Morgan fingerprint density at radius 2 is 1.58 bits per heavy atom. The number of carboxylic acid groups (broad SMARTS) is 1. The van der Waals surface area contributed by atoms with Gasteiger partial charge in [-0.3, -0.25) is 0 Å². The number of hydrogen-bond donors (Lipinski definition) is 4. The van der Waals surface area contributed by atoms with E-state index in [4.69, 9.17) is 14.5 Å². The van der Waals surface area contributed by atoms with Crippen molar-refractivity contribution in [2.45, 2.75) is 122 Å². The van der Waals surface area contributed by atoms with E-state index in [-0.39, 0.29) is 42.5 Å². The summed E-state index contributed by atoms with van der Waals surface area (Å²) in [6.45, 7) is 13.5. The maximum atomic E-state index is 14.2. The van der Waals surface area contributed by atoms with Gasteiger partial charge in [0.2, 0.25) is 11.8 Å². The molecule has 1 saturated carbocycles. The number of hydrogen-bond acceptors (Lipinski definition) is 8. The summed E-state index contributed by atoms with van der Waals surface area (Å²) >= 11 is 0. The van der Waals surface area contributed by atoms with Crippen molar-refractivity contribution in [1.29, 1.82) is 0 Å². The van der Waals surface area contributed by atoms with Crippen LogP contribution in [0.3, 0.4) is 0 Å². The van der Waals surface area contributed by atoms with Gasteiger partial charge in [-0.25, -0.2) is 14.6 Å². The van der Waals surface area contributed by atoms with Crippen LogP contribution in [0.25, 0.3) is 11.3 Å². The van der Waals surface area contributed by atoms with E-state index >= 15 is 0 Å². The van der Waals surface area contributed by atoms with E-state index in [9.17, 15) is 27.9 Å². The Morgan fingerprint density at radius 1 is 0.962 bits per heavy atom. The summed E-state index contributed by atoms with van der Waals surface area (Å²) in [5, 5.41) is 17.8. The molecule has 1 aliphatic carbocycles. The van der Waals surface area contributed by atoms with E-state index in [1.807, 2.05) is 50.4 Å². The lowest BCUT2D eigenvalue weighted by Gasteiger charge is -2.36. The van der Waals surface area contributed by atoms with Crippen LogP contribution in [0.1, 0.15) is 95.1 Å². The Morgan fingerprint density at radius 3 is 2.17 bits per heavy atom. The highest BCUT2D eigenvalue weighted by atomic mass is 32.2. The lowest BCUT2D eigenvalue weighted by Crippen LogP contribution is -2.50. The first-order chi connectivity index (χ1) is 24.7. The number of aryl methyl sites for hydroxylation is 2. The topological polar surface area (TPSA) is 135 Å². The summed E-state index contributed by atoms with van der Waals surface area (Å²) in [6, 6.07) is 13.3. The van der Waals surface area contributed by atoms with Crippen molar-refractivity contribution < 1.29 is 37.3 Å². The van der Waals surface area contributed by atoms with Gasteiger partial charge in [0.05, 0.1) is 16.7 Å². The first-order valence-electron chi connectivity index (χ1n) is 17.8. The number of alkyl halides is 3. The Labute approximate surface area is 312 Å². The Bertz CT molecular complexity index is 1770. The van der Waals surface area contributed by atoms with E-state index in [0.717, 1.165) is 16.7 Å². The maximum Gasteiger partial charge on any atom is 0.407 e. The van der Waals surface area contributed by atoms with Gasteiger partial charge in [0.25, 0.3) is 0 Å². The number of nitrogens with zero attached hydrogens (tertiary/aromatic N) is 2. The van der Waals surface area contributed by atoms with E-state index in [0.29, 0.717) is 36.3 Å². The zero-order valence-electron chi connectivity index (χ0n) is 31.7. The van der Waals surface area contributed by atoms with Gasteiger partial charge >= 0.3 is 18.2 Å². The Kier molecular flexibility index (Phi) is 13.6. The molecule has 4 rings (SSSR count). The monoisotopic (exact) mass is 759 g/mol. The molecule has 1 heterocycles. The second kappa shape index (κ2) is 17.3. The number of halogens is 3. The molecular weight excluding hydrogens is 708 g/mol. The molecule has 4 N–H and O–H groups in total. The van der Waals surface area contributed by atoms with Crippen LogP contribution in [-0.2, 0) is 4.74 Å². The normalized spacial score (nSPS) is 17.9. The van der Waals surface area contributed by atoms with E-state index in [1.54, 1.807) is 39.0 Å². The quantitative estimate of drug-likeness (QED) is 0.126. The molecule has 0 spiro atoms. The van der Waals surface area contributed by atoms with Gasteiger partial charge in [-0.1, -0.05) is 48.8 Å². The highest BCUT2D eigenvalue weighted by Crippen LogP contribution is 2.41. The van der Waals surface area contributed by atoms with Crippen molar-refractivity contribution >= 4 is 34.0 Å². The van der Waals surface area contributed by atoms with Crippen LogP contribution in [0.4, 0.5) is 23.9 Å². The average Bonchev–Trinajstić information content (AvgIpc) is 3.05. The lowest BCUT2D eigenvalue weighted by molar-refractivity contribution is -0.216. The number of nitrogens with one attached hydrogen (secondary N) is 3. The fourth-order valence-corrected chi connectivity index (χ4v) is 7.58. The molecule has 0 bridgehead atoms. The minimum Gasteiger partial charge on any atom is -0.478 e. The fraction of sp³-hybridized carbons (Fsp3) is 0.513. The van der Waals surface area contributed by atoms with Crippen molar-refractivity contribution in [2.75, 3.05) is 11.3 Å². The summed E-state index contributed by atoms with van der Waals surface area (Å²) in [5.41, 5.74) is 0.917.